The van der Waals surface area contributed by atoms with Gasteiger partial charge in [-0.2, -0.15) is 5.26 Å². The molecule has 0 amide bonds. The van der Waals surface area contributed by atoms with Gasteiger partial charge >= 0.3 is 0 Å². The molecular weight excluding hydrogens is 200 g/mol. The Bertz CT molecular complexity index is 433. The Balaban J connectivity index is 3.27. The molecule has 5 heteroatoms. The summed E-state index contributed by atoms with van der Waals surface area (Å²) in [4.78, 5) is 5.26. The van der Waals surface area contributed by atoms with Gasteiger partial charge in [0.1, 0.15) is 29.0 Å². The molecule has 1 aromatic carbocycles. The maximum Gasteiger partial charge on any atom is 0.150 e. The maximum absolute atomic E-state index is 13.2. The minimum Gasteiger partial charge on any atom is -0.369 e. The van der Waals surface area contributed by atoms with Gasteiger partial charge in [0, 0.05) is 14.1 Å². The molecule has 3 nitrogen and oxygen atoms in total. The van der Waals surface area contributed by atoms with Gasteiger partial charge in [-0.3, -0.25) is 0 Å². The SMILES string of the molecule is CN(C)/C=N\c1c(F)ccc(F)c1C#N. The minimum absolute atomic E-state index is 0.272. The van der Waals surface area contributed by atoms with E-state index in [1.165, 1.54) is 6.34 Å². The molecule has 0 spiro atoms. The normalized spacial score (nSPS) is 10.3. The van der Waals surface area contributed by atoms with Crippen LogP contribution in [0, 0.1) is 23.0 Å². The second kappa shape index (κ2) is 4.51. The van der Waals surface area contributed by atoms with E-state index in [0.29, 0.717) is 0 Å². The van der Waals surface area contributed by atoms with Gasteiger partial charge in [-0.25, -0.2) is 13.8 Å². The zero-order valence-corrected chi connectivity index (χ0v) is 8.33. The zero-order valence-electron chi connectivity index (χ0n) is 8.33. The topological polar surface area (TPSA) is 39.4 Å². The quantitative estimate of drug-likeness (QED) is 0.552. The molecule has 1 rings (SSSR count). The Labute approximate surface area is 86.3 Å². The fourth-order valence-corrected chi connectivity index (χ4v) is 0.947. The first-order chi connectivity index (χ1) is 7.06. The summed E-state index contributed by atoms with van der Waals surface area (Å²) in [6, 6.07) is 3.43. The van der Waals surface area contributed by atoms with Crippen molar-refractivity contribution in [2.24, 2.45) is 4.99 Å². The second-order valence-corrected chi connectivity index (χ2v) is 3.07. The molecular formula is C10H9F2N3. The Kier molecular flexibility index (Phi) is 3.34. The fraction of sp³-hybridized carbons (Fsp3) is 0.200. The number of nitrogens with zero attached hydrogens (tertiary/aromatic N) is 3. The van der Waals surface area contributed by atoms with Gasteiger partial charge < -0.3 is 4.90 Å². The summed E-state index contributed by atoms with van der Waals surface area (Å²) in [5, 5.41) is 8.64. The molecule has 0 saturated heterocycles. The van der Waals surface area contributed by atoms with Crippen LogP contribution in [0.1, 0.15) is 5.56 Å². The van der Waals surface area contributed by atoms with Crippen LogP contribution in [-0.4, -0.2) is 25.3 Å². The van der Waals surface area contributed by atoms with Crippen LogP contribution in [0.4, 0.5) is 14.5 Å². The molecule has 15 heavy (non-hydrogen) atoms. The molecule has 0 aromatic heterocycles. The summed E-state index contributed by atoms with van der Waals surface area (Å²) in [5.41, 5.74) is -0.653. The third kappa shape index (κ3) is 2.50. The van der Waals surface area contributed by atoms with Crippen molar-refractivity contribution < 1.29 is 8.78 Å². The molecule has 0 aliphatic carbocycles. The number of rotatable bonds is 2. The molecule has 0 radical (unpaired) electrons. The van der Waals surface area contributed by atoms with Crippen LogP contribution >= 0.6 is 0 Å². The summed E-state index contributed by atoms with van der Waals surface area (Å²) >= 11 is 0. The first kappa shape index (κ1) is 11.1. The van der Waals surface area contributed by atoms with E-state index < -0.39 is 11.6 Å². The van der Waals surface area contributed by atoms with Gasteiger partial charge in [-0.1, -0.05) is 0 Å². The Morgan fingerprint density at radius 3 is 2.47 bits per heavy atom. The summed E-state index contributed by atoms with van der Waals surface area (Å²) in [6.07, 6.45) is 1.30. The van der Waals surface area contributed by atoms with Gasteiger partial charge in [-0.05, 0) is 12.1 Å². The Morgan fingerprint density at radius 1 is 1.33 bits per heavy atom. The highest BCUT2D eigenvalue weighted by atomic mass is 19.1. The third-order valence-corrected chi connectivity index (χ3v) is 1.61. The van der Waals surface area contributed by atoms with Crippen molar-refractivity contribution in [1.29, 1.82) is 5.26 Å². The highest BCUT2D eigenvalue weighted by molar-refractivity contribution is 5.65. The van der Waals surface area contributed by atoms with Crippen molar-refractivity contribution in [3.05, 3.63) is 29.3 Å². The monoisotopic (exact) mass is 209 g/mol. The fourth-order valence-electron chi connectivity index (χ4n) is 0.947. The first-order valence-electron chi connectivity index (χ1n) is 4.15. The molecule has 0 fully saturated rings. The molecule has 0 heterocycles. The summed E-state index contributed by atoms with van der Waals surface area (Å²) in [7, 11) is 3.37. The largest absolute Gasteiger partial charge is 0.369 e. The average Bonchev–Trinajstić information content (AvgIpc) is 2.19. The summed E-state index contributed by atoms with van der Waals surface area (Å²) in [6.45, 7) is 0. The van der Waals surface area contributed by atoms with Crippen molar-refractivity contribution in [3.63, 3.8) is 0 Å². The number of hydrogen-bond acceptors (Lipinski definition) is 2. The standard InChI is InChI=1S/C10H9F2N3/c1-15(2)6-14-10-7(5-13)8(11)3-4-9(10)12/h3-4,6H,1-2H3/b14-6-. The number of aliphatic imine (C=N–C) groups is 1. The molecule has 0 unspecified atom stereocenters. The van der Waals surface area contributed by atoms with Crippen LogP contribution in [0.5, 0.6) is 0 Å². The van der Waals surface area contributed by atoms with Crippen molar-refractivity contribution >= 4 is 12.0 Å². The van der Waals surface area contributed by atoms with Crippen molar-refractivity contribution in [2.75, 3.05) is 14.1 Å². The maximum atomic E-state index is 13.2. The molecule has 0 atom stereocenters. The van der Waals surface area contributed by atoms with Crippen LogP contribution in [0.15, 0.2) is 17.1 Å². The highest BCUT2D eigenvalue weighted by Gasteiger charge is 2.12. The van der Waals surface area contributed by atoms with Crippen molar-refractivity contribution in [3.8, 4) is 6.07 Å². The number of halogens is 2. The lowest BCUT2D eigenvalue weighted by Gasteiger charge is -2.04. The Hall–Kier alpha value is -1.96. The average molecular weight is 209 g/mol. The molecule has 0 bridgehead atoms. The third-order valence-electron chi connectivity index (χ3n) is 1.61. The van der Waals surface area contributed by atoms with E-state index in [0.717, 1.165) is 12.1 Å². The predicted octanol–water partition coefficient (Wildman–Crippen LogP) is 2.06. The van der Waals surface area contributed by atoms with Crippen LogP contribution in [0.2, 0.25) is 0 Å². The molecule has 78 valence electrons. The lowest BCUT2D eigenvalue weighted by Crippen LogP contribution is -2.07. The lowest BCUT2D eigenvalue weighted by molar-refractivity contribution is 0.597. The van der Waals surface area contributed by atoms with Gasteiger partial charge in [0.2, 0.25) is 0 Å². The van der Waals surface area contributed by atoms with Crippen LogP contribution in [0.25, 0.3) is 0 Å². The van der Waals surface area contributed by atoms with Gasteiger partial charge in [-0.15, -0.1) is 0 Å². The van der Waals surface area contributed by atoms with E-state index in [9.17, 15) is 8.78 Å². The second-order valence-electron chi connectivity index (χ2n) is 3.07. The van der Waals surface area contributed by atoms with E-state index in [4.69, 9.17) is 5.26 Å². The number of benzene rings is 1. The van der Waals surface area contributed by atoms with E-state index in [2.05, 4.69) is 4.99 Å². The van der Waals surface area contributed by atoms with E-state index in [1.807, 2.05) is 0 Å². The smallest absolute Gasteiger partial charge is 0.150 e. The van der Waals surface area contributed by atoms with Crippen LogP contribution in [0.3, 0.4) is 0 Å². The van der Waals surface area contributed by atoms with Crippen molar-refractivity contribution in [2.45, 2.75) is 0 Å². The van der Waals surface area contributed by atoms with Crippen molar-refractivity contribution in [1.82, 2.24) is 4.90 Å². The lowest BCUT2D eigenvalue weighted by atomic mass is 10.2. The van der Waals surface area contributed by atoms with E-state index in [1.54, 1.807) is 25.1 Å². The van der Waals surface area contributed by atoms with Crippen LogP contribution in [-0.2, 0) is 0 Å². The molecule has 1 aromatic rings. The predicted molar refractivity (Wildman–Crippen MR) is 52.9 cm³/mol. The molecule has 0 saturated carbocycles. The van der Waals surface area contributed by atoms with Gasteiger partial charge in [0.15, 0.2) is 0 Å². The highest BCUT2D eigenvalue weighted by Crippen LogP contribution is 2.24. The van der Waals surface area contributed by atoms with E-state index in [-0.39, 0.29) is 11.3 Å². The summed E-state index contributed by atoms with van der Waals surface area (Å²) in [5.74, 6) is -1.49. The van der Waals surface area contributed by atoms with Gasteiger partial charge in [0.25, 0.3) is 0 Å². The first-order valence-corrected chi connectivity index (χ1v) is 4.15. The van der Waals surface area contributed by atoms with Crippen LogP contribution < -0.4 is 0 Å². The Morgan fingerprint density at radius 2 is 1.93 bits per heavy atom. The minimum atomic E-state index is -0.773. The number of hydrogen-bond donors (Lipinski definition) is 0. The molecule has 0 aliphatic rings. The molecule has 0 aliphatic heterocycles. The zero-order chi connectivity index (χ0) is 11.4. The number of nitriles is 1. The molecule has 0 N–H and O–H groups in total. The summed E-state index contributed by atoms with van der Waals surface area (Å²) < 4.78 is 26.3. The van der Waals surface area contributed by atoms with E-state index >= 15 is 0 Å². The van der Waals surface area contributed by atoms with Gasteiger partial charge in [0.05, 0.1) is 6.34 Å².